The van der Waals surface area contributed by atoms with Gasteiger partial charge in [-0.25, -0.2) is 13.1 Å². The summed E-state index contributed by atoms with van der Waals surface area (Å²) in [6.07, 6.45) is 4.49. The highest BCUT2D eigenvalue weighted by molar-refractivity contribution is 7.89. The van der Waals surface area contributed by atoms with Crippen molar-refractivity contribution in [3.05, 3.63) is 66.0 Å². The van der Waals surface area contributed by atoms with Gasteiger partial charge in [-0.05, 0) is 30.0 Å². The van der Waals surface area contributed by atoms with E-state index < -0.39 is 10.0 Å². The van der Waals surface area contributed by atoms with Gasteiger partial charge in [0.15, 0.2) is 0 Å². The molecular weight excluding hydrogens is 326 g/mol. The molecule has 0 saturated carbocycles. The SMILES string of the molecule is O=C(CNS(=O)(=O)CCCc1ccccc1)NCc1cccnc1. The average molecular weight is 347 g/mol. The molecule has 0 fully saturated rings. The molecule has 0 unspecified atom stereocenters. The first-order valence-corrected chi connectivity index (χ1v) is 9.37. The van der Waals surface area contributed by atoms with Gasteiger partial charge in [0.05, 0.1) is 12.3 Å². The van der Waals surface area contributed by atoms with Crippen LogP contribution < -0.4 is 10.0 Å². The summed E-state index contributed by atoms with van der Waals surface area (Å²) in [7, 11) is -3.45. The minimum atomic E-state index is -3.45. The van der Waals surface area contributed by atoms with Gasteiger partial charge in [0.25, 0.3) is 0 Å². The zero-order chi connectivity index (χ0) is 17.3. The number of carbonyl (C=O) groups is 1. The molecule has 2 aromatic rings. The molecule has 6 nitrogen and oxygen atoms in total. The van der Waals surface area contributed by atoms with Gasteiger partial charge >= 0.3 is 0 Å². The van der Waals surface area contributed by atoms with Crippen molar-refractivity contribution in [3.8, 4) is 0 Å². The van der Waals surface area contributed by atoms with E-state index in [0.29, 0.717) is 19.4 Å². The Morgan fingerprint density at radius 3 is 2.50 bits per heavy atom. The Morgan fingerprint density at radius 2 is 1.79 bits per heavy atom. The number of rotatable bonds is 9. The van der Waals surface area contributed by atoms with Crippen molar-refractivity contribution < 1.29 is 13.2 Å². The smallest absolute Gasteiger partial charge is 0.235 e. The number of carbonyl (C=O) groups excluding carboxylic acids is 1. The molecule has 0 radical (unpaired) electrons. The second kappa shape index (κ2) is 9.14. The second-order valence-corrected chi connectivity index (χ2v) is 7.29. The number of nitrogens with one attached hydrogen (secondary N) is 2. The molecule has 0 aliphatic rings. The van der Waals surface area contributed by atoms with Gasteiger partial charge in [0.1, 0.15) is 0 Å². The van der Waals surface area contributed by atoms with E-state index in [2.05, 4.69) is 15.0 Å². The van der Waals surface area contributed by atoms with Crippen LogP contribution in [0.25, 0.3) is 0 Å². The van der Waals surface area contributed by atoms with Crippen LogP contribution in [0.15, 0.2) is 54.9 Å². The van der Waals surface area contributed by atoms with E-state index >= 15 is 0 Å². The predicted molar refractivity (Wildman–Crippen MR) is 92.6 cm³/mol. The third kappa shape index (κ3) is 6.89. The lowest BCUT2D eigenvalue weighted by molar-refractivity contribution is -0.120. The molecule has 1 amide bonds. The molecule has 1 aromatic carbocycles. The number of amides is 1. The van der Waals surface area contributed by atoms with E-state index in [0.717, 1.165) is 11.1 Å². The van der Waals surface area contributed by atoms with Crippen LogP contribution in [0.3, 0.4) is 0 Å². The summed E-state index contributed by atoms with van der Waals surface area (Å²) in [5, 5.41) is 2.65. The van der Waals surface area contributed by atoms with E-state index in [-0.39, 0.29) is 18.2 Å². The van der Waals surface area contributed by atoms with Gasteiger partial charge in [-0.1, -0.05) is 36.4 Å². The number of sulfonamides is 1. The molecule has 1 heterocycles. The van der Waals surface area contributed by atoms with E-state index in [1.807, 2.05) is 36.4 Å². The lowest BCUT2D eigenvalue weighted by atomic mass is 10.1. The number of hydrogen-bond acceptors (Lipinski definition) is 4. The summed E-state index contributed by atoms with van der Waals surface area (Å²) in [5.74, 6) is -0.372. The molecule has 24 heavy (non-hydrogen) atoms. The molecule has 0 atom stereocenters. The summed E-state index contributed by atoms with van der Waals surface area (Å²) < 4.78 is 26.1. The fourth-order valence-electron chi connectivity index (χ4n) is 2.12. The molecule has 1 aromatic heterocycles. The zero-order valence-corrected chi connectivity index (χ0v) is 14.1. The van der Waals surface area contributed by atoms with E-state index in [4.69, 9.17) is 0 Å². The molecule has 2 N–H and O–H groups in total. The number of hydrogen-bond donors (Lipinski definition) is 2. The Kier molecular flexibility index (Phi) is 6.89. The van der Waals surface area contributed by atoms with Crippen LogP contribution in [0.5, 0.6) is 0 Å². The number of nitrogens with zero attached hydrogens (tertiary/aromatic N) is 1. The highest BCUT2D eigenvalue weighted by Crippen LogP contribution is 2.03. The van der Waals surface area contributed by atoms with Crippen LogP contribution in [0.2, 0.25) is 0 Å². The molecule has 0 aliphatic carbocycles. The standard InChI is InChI=1S/C17H21N3O3S/c21-17(19-13-16-8-4-10-18-12-16)14-20-24(22,23)11-5-9-15-6-2-1-3-7-15/h1-4,6-8,10,12,20H,5,9,11,13-14H2,(H,19,21). The molecular formula is C17H21N3O3S. The predicted octanol–water partition coefficient (Wildman–Crippen LogP) is 1.25. The Bertz CT molecular complexity index is 734. The molecule has 2 rings (SSSR count). The molecule has 0 spiro atoms. The Morgan fingerprint density at radius 1 is 1.04 bits per heavy atom. The number of benzene rings is 1. The minimum absolute atomic E-state index is 0.00220. The molecule has 0 aliphatic heterocycles. The van der Waals surface area contributed by atoms with Gasteiger partial charge in [0, 0.05) is 18.9 Å². The highest BCUT2D eigenvalue weighted by atomic mass is 32.2. The first-order valence-electron chi connectivity index (χ1n) is 7.72. The largest absolute Gasteiger partial charge is 0.351 e. The Labute approximate surface area is 142 Å². The monoisotopic (exact) mass is 347 g/mol. The number of aryl methyl sites for hydroxylation is 1. The molecule has 128 valence electrons. The van der Waals surface area contributed by atoms with Gasteiger partial charge in [-0.2, -0.15) is 0 Å². The average Bonchev–Trinajstić information content (AvgIpc) is 2.60. The van der Waals surface area contributed by atoms with Crippen LogP contribution in [-0.2, 0) is 27.8 Å². The minimum Gasteiger partial charge on any atom is -0.351 e. The van der Waals surface area contributed by atoms with Crippen LogP contribution in [0, 0.1) is 0 Å². The van der Waals surface area contributed by atoms with Gasteiger partial charge in [-0.3, -0.25) is 9.78 Å². The Balaban J connectivity index is 1.67. The van der Waals surface area contributed by atoms with Crippen molar-refractivity contribution in [2.45, 2.75) is 19.4 Å². The van der Waals surface area contributed by atoms with Crippen LogP contribution in [0.1, 0.15) is 17.5 Å². The summed E-state index contributed by atoms with van der Waals surface area (Å²) in [6, 6.07) is 13.3. The molecule has 7 heteroatoms. The van der Waals surface area contributed by atoms with Gasteiger partial charge in [-0.15, -0.1) is 0 Å². The van der Waals surface area contributed by atoms with Gasteiger partial charge in [0.2, 0.25) is 15.9 Å². The van der Waals surface area contributed by atoms with E-state index in [1.54, 1.807) is 18.5 Å². The maximum atomic E-state index is 11.9. The van der Waals surface area contributed by atoms with E-state index in [1.165, 1.54) is 0 Å². The highest BCUT2D eigenvalue weighted by Gasteiger charge is 2.12. The summed E-state index contributed by atoms with van der Waals surface area (Å²) in [5.41, 5.74) is 1.96. The maximum Gasteiger partial charge on any atom is 0.235 e. The van der Waals surface area contributed by atoms with Crippen molar-refractivity contribution in [2.75, 3.05) is 12.3 Å². The first-order chi connectivity index (χ1) is 11.6. The zero-order valence-electron chi connectivity index (χ0n) is 13.3. The normalized spacial score (nSPS) is 11.2. The van der Waals surface area contributed by atoms with Crippen LogP contribution >= 0.6 is 0 Å². The van der Waals surface area contributed by atoms with Crippen molar-refractivity contribution in [1.29, 1.82) is 0 Å². The fraction of sp³-hybridized carbons (Fsp3) is 0.294. The Hall–Kier alpha value is -2.25. The van der Waals surface area contributed by atoms with E-state index in [9.17, 15) is 13.2 Å². The summed E-state index contributed by atoms with van der Waals surface area (Å²) in [4.78, 5) is 15.6. The van der Waals surface area contributed by atoms with Crippen molar-refractivity contribution in [3.63, 3.8) is 0 Å². The topological polar surface area (TPSA) is 88.2 Å². The third-order valence-electron chi connectivity index (χ3n) is 3.39. The quantitative estimate of drug-likeness (QED) is 0.714. The molecule has 0 saturated heterocycles. The number of pyridine rings is 1. The third-order valence-corrected chi connectivity index (χ3v) is 4.80. The van der Waals surface area contributed by atoms with Gasteiger partial charge < -0.3 is 5.32 Å². The van der Waals surface area contributed by atoms with Crippen molar-refractivity contribution in [2.24, 2.45) is 0 Å². The first kappa shape index (κ1) is 18.1. The lowest BCUT2D eigenvalue weighted by Gasteiger charge is -2.08. The number of aromatic nitrogens is 1. The van der Waals surface area contributed by atoms with Crippen LogP contribution in [0.4, 0.5) is 0 Å². The van der Waals surface area contributed by atoms with Crippen LogP contribution in [-0.4, -0.2) is 31.6 Å². The maximum absolute atomic E-state index is 11.9. The second-order valence-electron chi connectivity index (χ2n) is 5.37. The summed E-state index contributed by atoms with van der Waals surface area (Å²) >= 11 is 0. The molecule has 0 bridgehead atoms. The summed E-state index contributed by atoms with van der Waals surface area (Å²) in [6.45, 7) is 0.0658. The lowest BCUT2D eigenvalue weighted by Crippen LogP contribution is -2.37. The fourth-order valence-corrected chi connectivity index (χ4v) is 3.14. The van der Waals surface area contributed by atoms with Crippen molar-refractivity contribution in [1.82, 2.24) is 15.0 Å². The van der Waals surface area contributed by atoms with Crippen molar-refractivity contribution >= 4 is 15.9 Å².